The molecule has 2 aromatic carbocycles. The summed E-state index contributed by atoms with van der Waals surface area (Å²) in [6.45, 7) is 2.79. The van der Waals surface area contributed by atoms with E-state index in [9.17, 15) is 4.79 Å². The smallest absolute Gasteiger partial charge is 0.271 e. The molecule has 3 aromatic heterocycles. The van der Waals surface area contributed by atoms with Gasteiger partial charge in [0.15, 0.2) is 17.3 Å². The van der Waals surface area contributed by atoms with Crippen LogP contribution in [0.5, 0.6) is 0 Å². The highest BCUT2D eigenvalue weighted by atomic mass is 16.1. The number of rotatable bonds is 3. The van der Waals surface area contributed by atoms with Crippen molar-refractivity contribution < 1.29 is 4.79 Å². The van der Waals surface area contributed by atoms with E-state index < -0.39 is 5.91 Å². The molecule has 1 aliphatic heterocycles. The van der Waals surface area contributed by atoms with Gasteiger partial charge in [0.2, 0.25) is 0 Å². The highest BCUT2D eigenvalue weighted by Crippen LogP contribution is 2.29. The van der Waals surface area contributed by atoms with Crippen molar-refractivity contribution in [2.45, 2.75) is 13.3 Å². The molecule has 10 heteroatoms. The lowest BCUT2D eigenvalue weighted by Crippen LogP contribution is -2.27. The van der Waals surface area contributed by atoms with E-state index in [-0.39, 0.29) is 11.5 Å². The van der Waals surface area contributed by atoms with Crippen LogP contribution < -0.4 is 16.9 Å². The Bertz CT molecular complexity index is 1750. The standard InChI is InChI=1S/C22H18N4.C7H9N5O/c1-3-17-11-22-21(12-20(17)18-7-5-4-6-8-18)19(14-23-25-22)10-9-16-13-24-26(2)15-16;8-6-5(7(9)13)12-4(11-6)2-1-3-10-12/h4-8,11-15H,3H2,1-2H3;1-2,10H,3,8H2,(H2,9,13). The van der Waals surface area contributed by atoms with Gasteiger partial charge in [-0.25, -0.2) is 9.66 Å². The zero-order valence-corrected chi connectivity index (χ0v) is 21.6. The molecule has 0 unspecified atom stereocenters. The molecule has 39 heavy (non-hydrogen) atoms. The van der Waals surface area contributed by atoms with E-state index in [2.05, 4.69) is 80.9 Å². The molecule has 0 atom stereocenters. The predicted molar refractivity (Wildman–Crippen MR) is 152 cm³/mol. The Morgan fingerprint density at radius 3 is 2.69 bits per heavy atom. The first-order valence-corrected chi connectivity index (χ1v) is 12.4. The summed E-state index contributed by atoms with van der Waals surface area (Å²) in [4.78, 5) is 14.9. The second kappa shape index (κ2) is 10.9. The van der Waals surface area contributed by atoms with Crippen molar-refractivity contribution in [1.82, 2.24) is 29.6 Å². The number of anilines is 1. The zero-order chi connectivity index (χ0) is 27.4. The van der Waals surface area contributed by atoms with Crippen LogP contribution in [0.25, 0.3) is 28.1 Å². The molecule has 4 heterocycles. The van der Waals surface area contributed by atoms with Gasteiger partial charge in [-0.2, -0.15) is 15.3 Å². The number of hydrogen-bond acceptors (Lipinski definition) is 7. The van der Waals surface area contributed by atoms with Gasteiger partial charge < -0.3 is 16.9 Å². The van der Waals surface area contributed by atoms with Gasteiger partial charge in [-0.15, -0.1) is 0 Å². The lowest BCUT2D eigenvalue weighted by atomic mass is 9.95. The first-order valence-electron chi connectivity index (χ1n) is 12.4. The molecule has 6 rings (SSSR count). The van der Waals surface area contributed by atoms with E-state index in [1.165, 1.54) is 21.4 Å². The Morgan fingerprint density at radius 1 is 1.15 bits per heavy atom. The van der Waals surface area contributed by atoms with Crippen molar-refractivity contribution in [3.05, 3.63) is 95.3 Å². The van der Waals surface area contributed by atoms with Gasteiger partial charge in [-0.05, 0) is 41.3 Å². The normalized spacial score (nSPS) is 11.5. The number of carbonyl (C=O) groups is 1. The van der Waals surface area contributed by atoms with Crippen LogP contribution >= 0.6 is 0 Å². The Hall–Kier alpha value is -5.43. The fraction of sp³-hybridized carbons (Fsp3) is 0.138. The Balaban J connectivity index is 0.000000198. The highest BCUT2D eigenvalue weighted by molar-refractivity contribution is 5.96. The summed E-state index contributed by atoms with van der Waals surface area (Å²) in [6, 6.07) is 14.7. The maximum absolute atomic E-state index is 11.0. The van der Waals surface area contributed by atoms with E-state index in [1.807, 2.05) is 25.4 Å². The molecule has 5 aromatic rings. The molecule has 0 fully saturated rings. The van der Waals surface area contributed by atoms with Gasteiger partial charge in [0.05, 0.1) is 29.0 Å². The first kappa shape index (κ1) is 25.2. The van der Waals surface area contributed by atoms with E-state index >= 15 is 0 Å². The summed E-state index contributed by atoms with van der Waals surface area (Å²) >= 11 is 0. The van der Waals surface area contributed by atoms with Gasteiger partial charge in [0, 0.05) is 25.2 Å². The molecule has 0 saturated carbocycles. The summed E-state index contributed by atoms with van der Waals surface area (Å²) in [5.41, 5.74) is 20.1. The maximum atomic E-state index is 11.0. The molecule has 1 aliphatic rings. The third-order valence-corrected chi connectivity index (χ3v) is 6.17. The third-order valence-electron chi connectivity index (χ3n) is 6.17. The fourth-order valence-corrected chi connectivity index (χ4v) is 4.32. The molecule has 0 spiro atoms. The van der Waals surface area contributed by atoms with Gasteiger partial charge >= 0.3 is 0 Å². The highest BCUT2D eigenvalue weighted by Gasteiger charge is 2.19. The number of nitrogens with two attached hydrogens (primary N) is 2. The largest absolute Gasteiger partial charge is 0.382 e. The molecule has 0 saturated heterocycles. The van der Waals surface area contributed by atoms with Crippen molar-refractivity contribution >= 4 is 28.7 Å². The van der Waals surface area contributed by atoms with Crippen molar-refractivity contribution in [3.63, 3.8) is 0 Å². The SMILES string of the molecule is CCc1cc2nncc(C#Cc3cnn(C)c3)c2cc1-c1ccccc1.NC(=O)c1c(N)nc2n1NCC=C2. The number of primary amides is 1. The summed E-state index contributed by atoms with van der Waals surface area (Å²) in [5.74, 6) is 6.55. The number of amides is 1. The number of carbonyl (C=O) groups excluding carboxylic acids is 1. The first-order chi connectivity index (χ1) is 18.9. The van der Waals surface area contributed by atoms with Crippen LogP contribution in [0.1, 0.15) is 39.9 Å². The number of nitrogens with one attached hydrogen (secondary N) is 1. The zero-order valence-electron chi connectivity index (χ0n) is 21.6. The molecule has 194 valence electrons. The minimum atomic E-state index is -0.584. The third kappa shape index (κ3) is 5.33. The van der Waals surface area contributed by atoms with Gasteiger partial charge in [-0.3, -0.25) is 9.48 Å². The number of imidazole rings is 1. The van der Waals surface area contributed by atoms with Crippen molar-refractivity contribution in [2.75, 3.05) is 17.7 Å². The lowest BCUT2D eigenvalue weighted by molar-refractivity contribution is 0.0993. The minimum Gasteiger partial charge on any atom is -0.382 e. The number of hydrogen-bond donors (Lipinski definition) is 3. The summed E-state index contributed by atoms with van der Waals surface area (Å²) < 4.78 is 3.24. The van der Waals surface area contributed by atoms with Crippen molar-refractivity contribution in [1.29, 1.82) is 0 Å². The van der Waals surface area contributed by atoms with Gasteiger partial charge in [0.1, 0.15) is 0 Å². The quantitative estimate of drug-likeness (QED) is 0.312. The monoisotopic (exact) mass is 517 g/mol. The second-order valence-electron chi connectivity index (χ2n) is 8.83. The molecule has 0 aliphatic carbocycles. The van der Waals surface area contributed by atoms with Gasteiger partial charge in [0.25, 0.3) is 5.91 Å². The number of benzene rings is 2. The summed E-state index contributed by atoms with van der Waals surface area (Å²) in [7, 11) is 1.88. The average Bonchev–Trinajstić information content (AvgIpc) is 3.53. The fourth-order valence-electron chi connectivity index (χ4n) is 4.32. The molecular formula is C29H27N9O. The van der Waals surface area contributed by atoms with Crippen molar-refractivity contribution in [2.24, 2.45) is 12.8 Å². The molecular weight excluding hydrogens is 490 g/mol. The molecule has 5 N–H and O–H groups in total. The Labute approximate surface area is 225 Å². The predicted octanol–water partition coefficient (Wildman–Crippen LogP) is 3.13. The Kier molecular flexibility index (Phi) is 7.05. The van der Waals surface area contributed by atoms with E-state index in [4.69, 9.17) is 11.5 Å². The topological polar surface area (TPSA) is 143 Å². The minimum absolute atomic E-state index is 0.154. The lowest BCUT2D eigenvalue weighted by Gasteiger charge is -2.12. The van der Waals surface area contributed by atoms with E-state index in [0.717, 1.165) is 28.5 Å². The van der Waals surface area contributed by atoms with Crippen LogP contribution in [0.4, 0.5) is 5.82 Å². The van der Waals surface area contributed by atoms with Crippen LogP contribution in [-0.4, -0.2) is 42.1 Å². The van der Waals surface area contributed by atoms with E-state index in [1.54, 1.807) is 23.2 Å². The second-order valence-corrected chi connectivity index (χ2v) is 8.83. The molecule has 0 bridgehead atoms. The maximum Gasteiger partial charge on any atom is 0.271 e. The summed E-state index contributed by atoms with van der Waals surface area (Å²) in [5, 5.41) is 13.6. The number of nitrogens with zero attached hydrogens (tertiary/aromatic N) is 6. The molecule has 1 amide bonds. The van der Waals surface area contributed by atoms with Crippen LogP contribution in [0.3, 0.4) is 0 Å². The van der Waals surface area contributed by atoms with E-state index in [0.29, 0.717) is 12.4 Å². The van der Waals surface area contributed by atoms with Crippen LogP contribution in [0, 0.1) is 11.8 Å². The van der Waals surface area contributed by atoms with Crippen molar-refractivity contribution in [3.8, 4) is 23.0 Å². The van der Waals surface area contributed by atoms with Gasteiger partial charge in [-0.1, -0.05) is 55.2 Å². The van der Waals surface area contributed by atoms with Crippen LogP contribution in [-0.2, 0) is 13.5 Å². The van der Waals surface area contributed by atoms with Crippen LogP contribution in [0.15, 0.2) is 67.1 Å². The number of nitrogen functional groups attached to an aromatic ring is 1. The number of aromatic nitrogens is 6. The Morgan fingerprint density at radius 2 is 1.97 bits per heavy atom. The average molecular weight is 518 g/mol. The number of fused-ring (bicyclic) bond motifs is 2. The summed E-state index contributed by atoms with van der Waals surface area (Å²) in [6.07, 6.45) is 9.98. The van der Waals surface area contributed by atoms with Crippen LogP contribution in [0.2, 0.25) is 0 Å². The number of aryl methyl sites for hydroxylation is 2. The molecule has 0 radical (unpaired) electrons. The molecule has 10 nitrogen and oxygen atoms in total.